The minimum Gasteiger partial charge on any atom is -0.378 e. The highest BCUT2D eigenvalue weighted by atomic mass is 16.5. The second-order valence-corrected chi connectivity index (χ2v) is 7.19. The van der Waals surface area contributed by atoms with Gasteiger partial charge < -0.3 is 19.1 Å². The lowest BCUT2D eigenvalue weighted by atomic mass is 10.1. The first-order valence-electron chi connectivity index (χ1n) is 9.68. The van der Waals surface area contributed by atoms with Crippen LogP contribution < -0.4 is 4.90 Å². The van der Waals surface area contributed by atoms with Gasteiger partial charge in [-0.1, -0.05) is 28.9 Å². The zero-order chi connectivity index (χ0) is 20.2. The molecule has 1 saturated heterocycles. The normalized spacial score (nSPS) is 14.1. The number of nitrogens with zero attached hydrogens (tertiary/aromatic N) is 4. The molecule has 1 aliphatic rings. The number of hydrogen-bond acceptors (Lipinski definition) is 6. The number of carbonyl (C=O) groups excluding carboxylic acids is 1. The second-order valence-electron chi connectivity index (χ2n) is 7.19. The number of hydrogen-bond donors (Lipinski definition) is 0. The first-order chi connectivity index (χ1) is 14.1. The molecule has 150 valence electrons. The Labute approximate surface area is 169 Å². The Morgan fingerprint density at radius 3 is 2.62 bits per heavy atom. The number of aryl methyl sites for hydroxylation is 1. The summed E-state index contributed by atoms with van der Waals surface area (Å²) in [6.07, 6.45) is 0. The van der Waals surface area contributed by atoms with E-state index in [4.69, 9.17) is 9.26 Å². The molecular weight excluding hydrogens is 368 g/mol. The van der Waals surface area contributed by atoms with E-state index >= 15 is 0 Å². The van der Waals surface area contributed by atoms with E-state index in [1.807, 2.05) is 55.5 Å². The first-order valence-corrected chi connectivity index (χ1v) is 9.68. The third-order valence-corrected chi connectivity index (χ3v) is 4.95. The maximum atomic E-state index is 12.8. The van der Waals surface area contributed by atoms with Crippen molar-refractivity contribution in [2.75, 3.05) is 38.3 Å². The van der Waals surface area contributed by atoms with Gasteiger partial charge in [0.15, 0.2) is 0 Å². The molecule has 29 heavy (non-hydrogen) atoms. The molecule has 3 aromatic rings. The van der Waals surface area contributed by atoms with Crippen molar-refractivity contribution >= 4 is 11.6 Å². The highest BCUT2D eigenvalue weighted by Crippen LogP contribution is 2.19. The van der Waals surface area contributed by atoms with E-state index < -0.39 is 0 Å². The van der Waals surface area contributed by atoms with Gasteiger partial charge >= 0.3 is 0 Å². The summed E-state index contributed by atoms with van der Waals surface area (Å²) in [6.45, 7) is 5.47. The third kappa shape index (κ3) is 4.46. The minimum atomic E-state index is -0.0890. The summed E-state index contributed by atoms with van der Waals surface area (Å²) in [6, 6.07) is 15.6. The minimum absolute atomic E-state index is 0.0890. The van der Waals surface area contributed by atoms with Crippen molar-refractivity contribution in [3.8, 4) is 11.4 Å². The lowest BCUT2D eigenvalue weighted by molar-refractivity contribution is 0.0769. The molecule has 2 heterocycles. The van der Waals surface area contributed by atoms with Crippen molar-refractivity contribution in [3.63, 3.8) is 0 Å². The van der Waals surface area contributed by atoms with Crippen LogP contribution in [-0.4, -0.2) is 54.3 Å². The molecule has 0 spiro atoms. The molecule has 4 rings (SSSR count). The summed E-state index contributed by atoms with van der Waals surface area (Å²) in [7, 11) is 1.73. The average Bonchev–Trinajstić information content (AvgIpc) is 3.22. The van der Waals surface area contributed by atoms with Crippen molar-refractivity contribution in [1.82, 2.24) is 15.0 Å². The molecule has 0 unspecified atom stereocenters. The standard InChI is InChI=1S/C22H24N4O3/c1-16-4-3-5-18(14-16)21-23-20(29-24-21)15-25(2)22(27)17-6-8-19(9-7-17)26-10-12-28-13-11-26/h3-9,14H,10-13,15H2,1-2H3. The van der Waals surface area contributed by atoms with E-state index in [-0.39, 0.29) is 12.5 Å². The number of aromatic nitrogens is 2. The summed E-state index contributed by atoms with van der Waals surface area (Å²) in [4.78, 5) is 21.0. The van der Waals surface area contributed by atoms with Crippen LogP contribution in [0.1, 0.15) is 21.8 Å². The second kappa shape index (κ2) is 8.45. The van der Waals surface area contributed by atoms with Crippen LogP contribution in [0.5, 0.6) is 0 Å². The van der Waals surface area contributed by atoms with Gasteiger partial charge in [0.2, 0.25) is 11.7 Å². The fourth-order valence-electron chi connectivity index (χ4n) is 3.35. The van der Waals surface area contributed by atoms with Crippen molar-refractivity contribution in [3.05, 3.63) is 65.5 Å². The largest absolute Gasteiger partial charge is 0.378 e. The lowest BCUT2D eigenvalue weighted by Crippen LogP contribution is -2.36. The van der Waals surface area contributed by atoms with E-state index in [0.717, 1.165) is 43.1 Å². The Kier molecular flexibility index (Phi) is 5.57. The van der Waals surface area contributed by atoms with Gasteiger partial charge in [-0.3, -0.25) is 4.79 Å². The van der Waals surface area contributed by atoms with Crippen LogP contribution >= 0.6 is 0 Å². The quantitative estimate of drug-likeness (QED) is 0.664. The van der Waals surface area contributed by atoms with E-state index in [1.165, 1.54) is 0 Å². The molecule has 0 N–H and O–H groups in total. The number of anilines is 1. The topological polar surface area (TPSA) is 71.7 Å². The Balaban J connectivity index is 1.40. The summed E-state index contributed by atoms with van der Waals surface area (Å²) < 4.78 is 10.7. The van der Waals surface area contributed by atoms with Crippen LogP contribution in [0.2, 0.25) is 0 Å². The number of rotatable bonds is 5. The summed E-state index contributed by atoms with van der Waals surface area (Å²) >= 11 is 0. The summed E-state index contributed by atoms with van der Waals surface area (Å²) in [5.41, 5.74) is 3.75. The molecule has 2 aromatic carbocycles. The van der Waals surface area contributed by atoms with Gasteiger partial charge in [0.1, 0.15) is 0 Å². The van der Waals surface area contributed by atoms with Gasteiger partial charge in [-0.15, -0.1) is 0 Å². The zero-order valence-corrected chi connectivity index (χ0v) is 16.7. The highest BCUT2D eigenvalue weighted by molar-refractivity contribution is 5.94. The molecule has 0 radical (unpaired) electrons. The maximum Gasteiger partial charge on any atom is 0.254 e. The van der Waals surface area contributed by atoms with Gasteiger partial charge in [0.25, 0.3) is 5.91 Å². The fraction of sp³-hybridized carbons (Fsp3) is 0.318. The van der Waals surface area contributed by atoms with E-state index in [1.54, 1.807) is 11.9 Å². The molecular formula is C22H24N4O3. The molecule has 1 fully saturated rings. The van der Waals surface area contributed by atoms with Gasteiger partial charge in [-0.25, -0.2) is 0 Å². The van der Waals surface area contributed by atoms with E-state index in [9.17, 15) is 4.79 Å². The van der Waals surface area contributed by atoms with Crippen LogP contribution in [0.4, 0.5) is 5.69 Å². The predicted molar refractivity (Wildman–Crippen MR) is 110 cm³/mol. The molecule has 0 bridgehead atoms. The van der Waals surface area contributed by atoms with Crippen LogP contribution in [0, 0.1) is 6.92 Å². The monoisotopic (exact) mass is 392 g/mol. The molecule has 0 aliphatic carbocycles. The first kappa shape index (κ1) is 19.1. The molecule has 1 aromatic heterocycles. The van der Waals surface area contributed by atoms with Crippen LogP contribution in [-0.2, 0) is 11.3 Å². The van der Waals surface area contributed by atoms with Gasteiger partial charge in [-0.05, 0) is 37.3 Å². The highest BCUT2D eigenvalue weighted by Gasteiger charge is 2.17. The Morgan fingerprint density at radius 2 is 1.90 bits per heavy atom. The Morgan fingerprint density at radius 1 is 1.14 bits per heavy atom. The van der Waals surface area contributed by atoms with Gasteiger partial charge in [-0.2, -0.15) is 4.98 Å². The molecule has 7 heteroatoms. The Hall–Kier alpha value is -3.19. The SMILES string of the molecule is Cc1cccc(-c2noc(CN(C)C(=O)c3ccc(N4CCOCC4)cc3)n2)c1. The number of morpholine rings is 1. The van der Waals surface area contributed by atoms with Crippen LogP contribution in [0.15, 0.2) is 53.1 Å². The number of amides is 1. The van der Waals surface area contributed by atoms with Gasteiger partial charge in [0.05, 0.1) is 19.8 Å². The van der Waals surface area contributed by atoms with Crippen molar-refractivity contribution < 1.29 is 14.1 Å². The number of carbonyl (C=O) groups is 1. The zero-order valence-electron chi connectivity index (χ0n) is 16.7. The molecule has 1 amide bonds. The Bertz CT molecular complexity index is 978. The average molecular weight is 392 g/mol. The van der Waals surface area contributed by atoms with E-state index in [2.05, 4.69) is 15.0 Å². The summed E-state index contributed by atoms with van der Waals surface area (Å²) in [5, 5.41) is 4.04. The maximum absolute atomic E-state index is 12.8. The van der Waals surface area contributed by atoms with Crippen molar-refractivity contribution in [1.29, 1.82) is 0 Å². The van der Waals surface area contributed by atoms with Crippen molar-refractivity contribution in [2.45, 2.75) is 13.5 Å². The third-order valence-electron chi connectivity index (χ3n) is 4.95. The molecule has 1 aliphatic heterocycles. The van der Waals surface area contributed by atoms with E-state index in [0.29, 0.717) is 17.3 Å². The lowest BCUT2D eigenvalue weighted by Gasteiger charge is -2.29. The molecule has 0 saturated carbocycles. The fourth-order valence-corrected chi connectivity index (χ4v) is 3.35. The molecule has 7 nitrogen and oxygen atoms in total. The number of ether oxygens (including phenoxy) is 1. The predicted octanol–water partition coefficient (Wildman–Crippen LogP) is 3.15. The smallest absolute Gasteiger partial charge is 0.254 e. The summed E-state index contributed by atoms with van der Waals surface area (Å²) in [5.74, 6) is 0.843. The molecule has 0 atom stereocenters. The number of benzene rings is 2. The van der Waals surface area contributed by atoms with Gasteiger partial charge in [0, 0.05) is 37.0 Å². The van der Waals surface area contributed by atoms with Crippen LogP contribution in [0.3, 0.4) is 0 Å². The van der Waals surface area contributed by atoms with Crippen LogP contribution in [0.25, 0.3) is 11.4 Å². The van der Waals surface area contributed by atoms with Crippen molar-refractivity contribution in [2.24, 2.45) is 0 Å².